The predicted octanol–water partition coefficient (Wildman–Crippen LogP) is 3.84. The molecule has 0 saturated carbocycles. The topological polar surface area (TPSA) is 0 Å². The van der Waals surface area contributed by atoms with E-state index in [0.29, 0.717) is 5.92 Å². The molecule has 0 rings (SSSR count). The van der Waals surface area contributed by atoms with Crippen molar-refractivity contribution < 1.29 is 0 Å². The van der Waals surface area contributed by atoms with Crippen LogP contribution in [0.15, 0.2) is 12.2 Å². The van der Waals surface area contributed by atoms with Crippen molar-refractivity contribution >= 4 is 0 Å². The van der Waals surface area contributed by atoms with Gasteiger partial charge in [-0.3, -0.25) is 0 Å². The normalized spacial score (nSPS) is 14.6. The molecule has 0 saturated heterocycles. The molecule has 0 spiro atoms. The first-order valence-electron chi connectivity index (χ1n) is 4.66. The first-order valence-corrected chi connectivity index (χ1v) is 4.66. The molecule has 2 unspecified atom stereocenters. The molecule has 0 aromatic rings. The number of hydrogen-bond acceptors (Lipinski definition) is 0. The van der Waals surface area contributed by atoms with Crippen LogP contribution in [0.2, 0.25) is 0 Å². The molecule has 0 aromatic heterocycles. The second kappa shape index (κ2) is 6.45. The molecule has 0 bridgehead atoms. The Hall–Kier alpha value is -0.260. The van der Waals surface area contributed by atoms with Crippen molar-refractivity contribution in [3.63, 3.8) is 0 Å². The molecule has 0 nitrogen and oxygen atoms in total. The van der Waals surface area contributed by atoms with Crippen molar-refractivity contribution in [2.45, 2.75) is 40.0 Å². The van der Waals surface area contributed by atoms with Crippen molar-refractivity contribution in [2.75, 3.05) is 0 Å². The van der Waals surface area contributed by atoms with E-state index in [1.165, 1.54) is 12.8 Å². The lowest BCUT2D eigenvalue weighted by molar-refractivity contribution is 0.429. The van der Waals surface area contributed by atoms with E-state index in [-0.39, 0.29) is 0 Å². The van der Waals surface area contributed by atoms with Crippen LogP contribution >= 0.6 is 0 Å². The average molecular weight is 153 g/mol. The van der Waals surface area contributed by atoms with Gasteiger partial charge in [-0.2, -0.15) is 0 Å². The zero-order chi connectivity index (χ0) is 8.69. The molecule has 0 fully saturated rings. The van der Waals surface area contributed by atoms with Crippen LogP contribution < -0.4 is 0 Å². The highest BCUT2D eigenvalue weighted by atomic mass is 14.1. The molecule has 1 radical (unpaired) electrons. The van der Waals surface area contributed by atoms with Crippen LogP contribution in [-0.2, 0) is 0 Å². The minimum atomic E-state index is 0.588. The number of hydrogen-bond donors (Lipinski definition) is 0. The van der Waals surface area contributed by atoms with Crippen LogP contribution in [-0.4, -0.2) is 0 Å². The molecule has 0 aliphatic rings. The van der Waals surface area contributed by atoms with Gasteiger partial charge < -0.3 is 0 Å². The van der Waals surface area contributed by atoms with Crippen LogP contribution in [0.3, 0.4) is 0 Å². The molecule has 0 amide bonds. The van der Waals surface area contributed by atoms with Gasteiger partial charge in [-0.05, 0) is 31.1 Å². The maximum atomic E-state index is 4.01. The monoisotopic (exact) mass is 153 g/mol. The van der Waals surface area contributed by atoms with Crippen molar-refractivity contribution in [1.82, 2.24) is 0 Å². The van der Waals surface area contributed by atoms with Gasteiger partial charge >= 0.3 is 0 Å². The molecule has 2 atom stereocenters. The minimum absolute atomic E-state index is 0.588. The molecular weight excluding hydrogens is 132 g/mol. The maximum Gasteiger partial charge on any atom is -0.0348 e. The van der Waals surface area contributed by atoms with E-state index in [4.69, 9.17) is 0 Å². The Morgan fingerprint density at radius 1 is 1.27 bits per heavy atom. The van der Waals surface area contributed by atoms with Crippen LogP contribution in [0.1, 0.15) is 40.0 Å². The lowest BCUT2D eigenvalue weighted by Crippen LogP contribution is -2.02. The van der Waals surface area contributed by atoms with Crippen molar-refractivity contribution in [3.05, 3.63) is 19.1 Å². The Morgan fingerprint density at radius 2 is 1.91 bits per heavy atom. The molecule has 11 heavy (non-hydrogen) atoms. The fourth-order valence-electron chi connectivity index (χ4n) is 0.928. The third-order valence-corrected chi connectivity index (χ3v) is 2.16. The van der Waals surface area contributed by atoms with E-state index in [0.717, 1.165) is 12.3 Å². The summed E-state index contributed by atoms with van der Waals surface area (Å²) in [6, 6.07) is 0. The van der Waals surface area contributed by atoms with Crippen LogP contribution in [0.5, 0.6) is 0 Å². The van der Waals surface area contributed by atoms with E-state index in [1.807, 2.05) is 0 Å². The van der Waals surface area contributed by atoms with Gasteiger partial charge in [0.25, 0.3) is 0 Å². The predicted molar refractivity (Wildman–Crippen MR) is 52.4 cm³/mol. The average Bonchev–Trinajstić information content (AvgIpc) is 1.97. The maximum absolute atomic E-state index is 4.01. The van der Waals surface area contributed by atoms with Gasteiger partial charge in [-0.1, -0.05) is 39.8 Å². The van der Waals surface area contributed by atoms with Gasteiger partial charge in [0, 0.05) is 0 Å². The molecule has 0 aliphatic carbocycles. The lowest BCUT2D eigenvalue weighted by Gasteiger charge is -2.13. The van der Waals surface area contributed by atoms with Gasteiger partial charge in [-0.25, -0.2) is 0 Å². The first kappa shape index (κ1) is 10.7. The Bertz CT molecular complexity index is 101. The summed E-state index contributed by atoms with van der Waals surface area (Å²) in [5, 5.41) is 0. The third kappa shape index (κ3) is 6.15. The van der Waals surface area contributed by atoms with Crippen molar-refractivity contribution in [2.24, 2.45) is 11.8 Å². The van der Waals surface area contributed by atoms with E-state index in [9.17, 15) is 0 Å². The molecule has 65 valence electrons. The standard InChI is InChI=1S/C11H21/c1-5-6-7-8-9-11(4)10(2)3/h6-7,10-11H,2,5,8-9H2,1,3-4H3. The molecule has 0 aromatic carbocycles. The Labute approximate surface area is 71.7 Å². The highest BCUT2D eigenvalue weighted by molar-refractivity contribution is 4.81. The lowest BCUT2D eigenvalue weighted by atomic mass is 9.93. The van der Waals surface area contributed by atoms with Crippen LogP contribution in [0.25, 0.3) is 0 Å². The van der Waals surface area contributed by atoms with Crippen LogP contribution in [0, 0.1) is 18.8 Å². The highest BCUT2D eigenvalue weighted by Gasteiger charge is 2.04. The van der Waals surface area contributed by atoms with E-state index in [2.05, 4.69) is 39.8 Å². The molecule has 0 heteroatoms. The first-order chi connectivity index (χ1) is 5.18. The summed E-state index contributed by atoms with van der Waals surface area (Å²) in [4.78, 5) is 0. The summed E-state index contributed by atoms with van der Waals surface area (Å²) in [5.41, 5.74) is 0. The van der Waals surface area contributed by atoms with Gasteiger partial charge in [0.05, 0.1) is 0 Å². The Morgan fingerprint density at radius 3 is 2.36 bits per heavy atom. The van der Waals surface area contributed by atoms with Crippen molar-refractivity contribution in [1.29, 1.82) is 0 Å². The number of allylic oxidation sites excluding steroid dienone is 2. The van der Waals surface area contributed by atoms with E-state index >= 15 is 0 Å². The summed E-state index contributed by atoms with van der Waals surface area (Å²) < 4.78 is 0. The summed E-state index contributed by atoms with van der Waals surface area (Å²) in [7, 11) is 0. The Kier molecular flexibility index (Phi) is 6.30. The van der Waals surface area contributed by atoms with E-state index < -0.39 is 0 Å². The second-order valence-electron chi connectivity index (χ2n) is 3.41. The second-order valence-corrected chi connectivity index (χ2v) is 3.41. The summed E-state index contributed by atoms with van der Waals surface area (Å²) in [5.74, 6) is 1.35. The summed E-state index contributed by atoms with van der Waals surface area (Å²) in [6.45, 7) is 10.6. The molecule has 0 heterocycles. The third-order valence-electron chi connectivity index (χ3n) is 2.16. The zero-order valence-electron chi connectivity index (χ0n) is 8.14. The van der Waals surface area contributed by atoms with Gasteiger partial charge in [0.2, 0.25) is 0 Å². The Balaban J connectivity index is 3.31. The molecular formula is C11H21. The summed E-state index contributed by atoms with van der Waals surface area (Å²) >= 11 is 0. The van der Waals surface area contributed by atoms with Gasteiger partial charge in [-0.15, -0.1) is 0 Å². The van der Waals surface area contributed by atoms with Crippen LogP contribution in [0.4, 0.5) is 0 Å². The fraction of sp³-hybridized carbons (Fsp3) is 0.727. The zero-order valence-corrected chi connectivity index (χ0v) is 8.14. The SMILES string of the molecule is [CH2]C(C)C(C)CCC=CCC. The van der Waals surface area contributed by atoms with Gasteiger partial charge in [0.15, 0.2) is 0 Å². The highest BCUT2D eigenvalue weighted by Crippen LogP contribution is 2.15. The smallest absolute Gasteiger partial charge is 0.0348 e. The minimum Gasteiger partial charge on any atom is -0.0888 e. The van der Waals surface area contributed by atoms with Crippen molar-refractivity contribution in [3.8, 4) is 0 Å². The fourth-order valence-corrected chi connectivity index (χ4v) is 0.928. The quantitative estimate of drug-likeness (QED) is 0.526. The van der Waals surface area contributed by atoms with Gasteiger partial charge in [0.1, 0.15) is 0 Å². The largest absolute Gasteiger partial charge is 0.0888 e. The molecule has 0 aliphatic heterocycles. The number of rotatable bonds is 5. The molecule has 0 N–H and O–H groups in total. The van der Waals surface area contributed by atoms with E-state index in [1.54, 1.807) is 0 Å². The summed E-state index contributed by atoms with van der Waals surface area (Å²) in [6.07, 6.45) is 8.17.